The fraction of sp³-hybridized carbons (Fsp3) is 0.391. The molecule has 5 heteroatoms. The number of rotatable bonds is 12. The number of carbonyl (C=O) groups excluding carboxylic acids is 2. The zero-order chi connectivity index (χ0) is 19.6. The van der Waals surface area contributed by atoms with Crippen molar-refractivity contribution in [3.63, 3.8) is 0 Å². The van der Waals surface area contributed by atoms with Crippen LogP contribution in [0.15, 0.2) is 54.6 Å². The Balaban J connectivity index is 1.18. The van der Waals surface area contributed by atoms with E-state index in [9.17, 15) is 9.59 Å². The van der Waals surface area contributed by atoms with Crippen LogP contribution in [0, 0.1) is 0 Å². The van der Waals surface area contributed by atoms with E-state index in [1.54, 1.807) is 24.3 Å². The Morgan fingerprint density at radius 2 is 1.25 bits per heavy atom. The van der Waals surface area contributed by atoms with Gasteiger partial charge in [0, 0.05) is 13.2 Å². The van der Waals surface area contributed by atoms with Crippen LogP contribution in [0.3, 0.4) is 0 Å². The number of imide groups is 1. The van der Waals surface area contributed by atoms with Gasteiger partial charge in [-0.15, -0.1) is 0 Å². The quantitative estimate of drug-likeness (QED) is 0.411. The van der Waals surface area contributed by atoms with Crippen LogP contribution in [-0.4, -0.2) is 43.1 Å². The number of benzene rings is 2. The summed E-state index contributed by atoms with van der Waals surface area (Å²) in [5.41, 5.74) is 2.21. The minimum atomic E-state index is -0.167. The molecule has 5 nitrogen and oxygen atoms in total. The SMILES string of the molecule is O=C1c2ccccc2C(=O)N1CCCCCCOCCOCc1ccccc1. The van der Waals surface area contributed by atoms with E-state index in [2.05, 4.69) is 0 Å². The van der Waals surface area contributed by atoms with Crippen molar-refractivity contribution >= 4 is 11.8 Å². The third kappa shape index (κ3) is 5.50. The maximum absolute atomic E-state index is 12.3. The highest BCUT2D eigenvalue weighted by Crippen LogP contribution is 2.22. The Morgan fingerprint density at radius 1 is 0.643 bits per heavy atom. The zero-order valence-corrected chi connectivity index (χ0v) is 16.1. The standard InChI is InChI=1S/C23H27NO4/c25-22-20-12-6-7-13-21(20)23(26)24(22)14-8-1-2-9-15-27-16-17-28-18-19-10-4-3-5-11-19/h3-7,10-13H,1-2,8-9,14-18H2. The van der Waals surface area contributed by atoms with Gasteiger partial charge in [0.25, 0.3) is 11.8 Å². The Kier molecular flexibility index (Phi) is 7.76. The van der Waals surface area contributed by atoms with Crippen molar-refractivity contribution in [3.05, 3.63) is 71.3 Å². The van der Waals surface area contributed by atoms with E-state index in [-0.39, 0.29) is 11.8 Å². The molecule has 0 unspecified atom stereocenters. The molecule has 0 aliphatic carbocycles. The molecular formula is C23H27NO4. The van der Waals surface area contributed by atoms with E-state index in [1.807, 2.05) is 30.3 Å². The van der Waals surface area contributed by atoms with Gasteiger partial charge in [0.05, 0.1) is 30.9 Å². The van der Waals surface area contributed by atoms with Gasteiger partial charge in [0.1, 0.15) is 0 Å². The average molecular weight is 381 g/mol. The second kappa shape index (κ2) is 10.7. The number of hydrogen-bond donors (Lipinski definition) is 0. The summed E-state index contributed by atoms with van der Waals surface area (Å²) in [5, 5.41) is 0. The molecule has 2 amide bonds. The lowest BCUT2D eigenvalue weighted by Gasteiger charge is -2.13. The molecule has 3 rings (SSSR count). The number of amides is 2. The van der Waals surface area contributed by atoms with Crippen LogP contribution >= 0.6 is 0 Å². The predicted octanol–water partition coefficient (Wildman–Crippen LogP) is 4.08. The molecule has 0 saturated carbocycles. The lowest BCUT2D eigenvalue weighted by atomic mass is 10.1. The second-order valence-electron chi connectivity index (χ2n) is 6.87. The lowest BCUT2D eigenvalue weighted by Crippen LogP contribution is -2.30. The van der Waals surface area contributed by atoms with E-state index in [0.29, 0.717) is 44.1 Å². The summed E-state index contributed by atoms with van der Waals surface area (Å²) >= 11 is 0. The van der Waals surface area contributed by atoms with Crippen molar-refractivity contribution < 1.29 is 19.1 Å². The Hall–Kier alpha value is -2.50. The van der Waals surface area contributed by atoms with E-state index >= 15 is 0 Å². The first-order valence-electron chi connectivity index (χ1n) is 9.92. The van der Waals surface area contributed by atoms with Crippen LogP contribution in [0.2, 0.25) is 0 Å². The van der Waals surface area contributed by atoms with Crippen molar-refractivity contribution in [2.75, 3.05) is 26.4 Å². The van der Waals surface area contributed by atoms with Crippen molar-refractivity contribution in [1.29, 1.82) is 0 Å². The number of carbonyl (C=O) groups is 2. The molecule has 0 N–H and O–H groups in total. The maximum Gasteiger partial charge on any atom is 0.261 e. The van der Waals surface area contributed by atoms with Gasteiger partial charge in [0.15, 0.2) is 0 Å². The van der Waals surface area contributed by atoms with Gasteiger partial charge in [0.2, 0.25) is 0 Å². The van der Waals surface area contributed by atoms with Gasteiger partial charge in [-0.2, -0.15) is 0 Å². The highest BCUT2D eigenvalue weighted by atomic mass is 16.5. The van der Waals surface area contributed by atoms with E-state index in [0.717, 1.165) is 25.7 Å². The summed E-state index contributed by atoms with van der Waals surface area (Å²) in [5.74, 6) is -0.334. The van der Waals surface area contributed by atoms with Crippen LogP contribution in [0.5, 0.6) is 0 Å². The Bertz CT molecular complexity index is 740. The van der Waals surface area contributed by atoms with Crippen molar-refractivity contribution in [2.45, 2.75) is 32.3 Å². The fourth-order valence-electron chi connectivity index (χ4n) is 3.25. The molecule has 148 valence electrons. The van der Waals surface area contributed by atoms with Crippen LogP contribution < -0.4 is 0 Å². The van der Waals surface area contributed by atoms with Crippen LogP contribution in [-0.2, 0) is 16.1 Å². The molecule has 0 bridgehead atoms. The molecule has 0 fully saturated rings. The maximum atomic E-state index is 12.3. The van der Waals surface area contributed by atoms with E-state index in [4.69, 9.17) is 9.47 Å². The predicted molar refractivity (Wildman–Crippen MR) is 107 cm³/mol. The van der Waals surface area contributed by atoms with Gasteiger partial charge < -0.3 is 9.47 Å². The Labute approximate surface area is 166 Å². The molecule has 0 atom stereocenters. The highest BCUT2D eigenvalue weighted by molar-refractivity contribution is 6.21. The first-order chi connectivity index (χ1) is 13.8. The average Bonchev–Trinajstić information content (AvgIpc) is 2.97. The van der Waals surface area contributed by atoms with Crippen molar-refractivity contribution in [1.82, 2.24) is 4.90 Å². The molecule has 1 heterocycles. The minimum Gasteiger partial charge on any atom is -0.379 e. The molecule has 1 aliphatic heterocycles. The zero-order valence-electron chi connectivity index (χ0n) is 16.1. The fourth-order valence-corrected chi connectivity index (χ4v) is 3.25. The largest absolute Gasteiger partial charge is 0.379 e. The van der Waals surface area contributed by atoms with Gasteiger partial charge >= 0.3 is 0 Å². The van der Waals surface area contributed by atoms with Gasteiger partial charge in [-0.3, -0.25) is 14.5 Å². The molecule has 28 heavy (non-hydrogen) atoms. The number of ether oxygens (including phenoxy) is 2. The summed E-state index contributed by atoms with van der Waals surface area (Å²) in [6.45, 7) is 3.00. The lowest BCUT2D eigenvalue weighted by molar-refractivity contribution is 0.0392. The number of unbranched alkanes of at least 4 members (excludes halogenated alkanes) is 3. The van der Waals surface area contributed by atoms with E-state index < -0.39 is 0 Å². The summed E-state index contributed by atoms with van der Waals surface area (Å²) < 4.78 is 11.2. The summed E-state index contributed by atoms with van der Waals surface area (Å²) in [7, 11) is 0. The van der Waals surface area contributed by atoms with Crippen LogP contribution in [0.4, 0.5) is 0 Å². The van der Waals surface area contributed by atoms with Gasteiger partial charge in [-0.25, -0.2) is 0 Å². The summed E-state index contributed by atoms with van der Waals surface area (Å²) in [6, 6.07) is 17.1. The molecule has 1 aliphatic rings. The number of hydrogen-bond acceptors (Lipinski definition) is 4. The highest BCUT2D eigenvalue weighted by Gasteiger charge is 2.34. The molecule has 0 saturated heterocycles. The normalized spacial score (nSPS) is 13.2. The second-order valence-corrected chi connectivity index (χ2v) is 6.87. The van der Waals surface area contributed by atoms with Crippen molar-refractivity contribution in [2.24, 2.45) is 0 Å². The minimum absolute atomic E-state index is 0.167. The molecule has 0 radical (unpaired) electrons. The third-order valence-electron chi connectivity index (χ3n) is 4.78. The first kappa shape index (κ1) is 20.2. The van der Waals surface area contributed by atoms with Gasteiger partial charge in [-0.05, 0) is 30.5 Å². The summed E-state index contributed by atoms with van der Waals surface area (Å²) in [4.78, 5) is 25.9. The number of fused-ring (bicyclic) bond motifs is 1. The summed E-state index contributed by atoms with van der Waals surface area (Å²) in [6.07, 6.45) is 3.79. The third-order valence-corrected chi connectivity index (χ3v) is 4.78. The van der Waals surface area contributed by atoms with Crippen LogP contribution in [0.1, 0.15) is 52.0 Å². The molecule has 0 spiro atoms. The first-order valence-corrected chi connectivity index (χ1v) is 9.92. The molecular weight excluding hydrogens is 354 g/mol. The monoisotopic (exact) mass is 381 g/mol. The topological polar surface area (TPSA) is 55.8 Å². The molecule has 2 aromatic carbocycles. The van der Waals surface area contributed by atoms with Crippen molar-refractivity contribution in [3.8, 4) is 0 Å². The smallest absolute Gasteiger partial charge is 0.261 e. The van der Waals surface area contributed by atoms with Crippen LogP contribution in [0.25, 0.3) is 0 Å². The van der Waals surface area contributed by atoms with Gasteiger partial charge in [-0.1, -0.05) is 55.3 Å². The molecule has 0 aromatic heterocycles. The van der Waals surface area contributed by atoms with E-state index in [1.165, 1.54) is 10.5 Å². The Morgan fingerprint density at radius 3 is 1.96 bits per heavy atom. The molecule has 2 aromatic rings. The number of nitrogens with zero attached hydrogens (tertiary/aromatic N) is 1.